The van der Waals surface area contributed by atoms with Crippen LogP contribution in [0, 0.1) is 0 Å². The fraction of sp³-hybridized carbons (Fsp3) is 0.533. The second-order valence-electron chi connectivity index (χ2n) is 5.68. The highest BCUT2D eigenvalue weighted by molar-refractivity contribution is 5.94. The zero-order chi connectivity index (χ0) is 15.0. The largest absolute Gasteiger partial charge is 0.388 e. The number of nitrogens with one attached hydrogen (secondary N) is 1. The highest BCUT2D eigenvalue weighted by Crippen LogP contribution is 2.27. The minimum Gasteiger partial charge on any atom is -0.388 e. The molecule has 1 aromatic rings. The molecule has 0 unspecified atom stereocenters. The molecule has 0 spiro atoms. The summed E-state index contributed by atoms with van der Waals surface area (Å²) in [5.41, 5.74) is 1.64. The Kier molecular flexibility index (Phi) is 3.84. The van der Waals surface area contributed by atoms with E-state index in [-0.39, 0.29) is 30.8 Å². The molecule has 2 fully saturated rings. The maximum Gasteiger partial charge on any atom is 0.251 e. The first kappa shape index (κ1) is 14.3. The molecule has 6 heteroatoms. The van der Waals surface area contributed by atoms with Gasteiger partial charge in [0.1, 0.15) is 18.3 Å². The van der Waals surface area contributed by atoms with E-state index in [0.717, 1.165) is 5.69 Å². The van der Waals surface area contributed by atoms with Crippen LogP contribution in [0.5, 0.6) is 0 Å². The lowest BCUT2D eigenvalue weighted by Gasteiger charge is -2.18. The predicted molar refractivity (Wildman–Crippen MR) is 77.5 cm³/mol. The van der Waals surface area contributed by atoms with Gasteiger partial charge >= 0.3 is 0 Å². The third-order valence-electron chi connectivity index (χ3n) is 3.99. The Morgan fingerprint density at radius 3 is 2.52 bits per heavy atom. The van der Waals surface area contributed by atoms with E-state index in [2.05, 4.69) is 5.32 Å². The Labute approximate surface area is 123 Å². The Hall–Kier alpha value is -1.63. The van der Waals surface area contributed by atoms with Gasteiger partial charge in [0.05, 0.1) is 19.3 Å². The SMILES string of the molecule is CN(C)c1ccc(C(=O)N[C@H]2CO[C@H]3[C@@H]2OC[C@@H]3O)cc1. The first-order chi connectivity index (χ1) is 10.1. The van der Waals surface area contributed by atoms with Gasteiger partial charge in [-0.3, -0.25) is 4.79 Å². The van der Waals surface area contributed by atoms with Crippen molar-refractivity contribution >= 4 is 11.6 Å². The van der Waals surface area contributed by atoms with Gasteiger partial charge in [0.15, 0.2) is 0 Å². The topological polar surface area (TPSA) is 71.0 Å². The molecule has 3 rings (SSSR count). The molecule has 2 aliphatic heterocycles. The quantitative estimate of drug-likeness (QED) is 0.821. The average Bonchev–Trinajstić information content (AvgIpc) is 3.03. The van der Waals surface area contributed by atoms with E-state index in [0.29, 0.717) is 12.2 Å². The monoisotopic (exact) mass is 292 g/mol. The Bertz CT molecular complexity index is 517. The first-order valence-electron chi connectivity index (χ1n) is 7.06. The van der Waals surface area contributed by atoms with E-state index in [4.69, 9.17) is 9.47 Å². The van der Waals surface area contributed by atoms with Crippen molar-refractivity contribution in [1.29, 1.82) is 0 Å². The van der Waals surface area contributed by atoms with Crippen molar-refractivity contribution < 1.29 is 19.4 Å². The molecule has 1 aromatic carbocycles. The third-order valence-corrected chi connectivity index (χ3v) is 3.99. The van der Waals surface area contributed by atoms with Crippen molar-refractivity contribution in [2.75, 3.05) is 32.2 Å². The highest BCUT2D eigenvalue weighted by Gasteiger charge is 2.47. The molecule has 0 saturated carbocycles. The van der Waals surface area contributed by atoms with Crippen molar-refractivity contribution in [3.8, 4) is 0 Å². The summed E-state index contributed by atoms with van der Waals surface area (Å²) in [7, 11) is 3.90. The van der Waals surface area contributed by atoms with Crippen LogP contribution < -0.4 is 10.2 Å². The van der Waals surface area contributed by atoms with Gasteiger partial charge in [-0.25, -0.2) is 0 Å². The van der Waals surface area contributed by atoms with Crippen molar-refractivity contribution in [2.24, 2.45) is 0 Å². The van der Waals surface area contributed by atoms with E-state index in [1.807, 2.05) is 31.1 Å². The molecular weight excluding hydrogens is 272 g/mol. The summed E-state index contributed by atoms with van der Waals surface area (Å²) in [4.78, 5) is 14.2. The number of hydrogen-bond acceptors (Lipinski definition) is 5. The zero-order valence-electron chi connectivity index (χ0n) is 12.2. The molecule has 2 N–H and O–H groups in total. The minimum atomic E-state index is -0.601. The smallest absolute Gasteiger partial charge is 0.251 e. The van der Waals surface area contributed by atoms with Gasteiger partial charge in [0.25, 0.3) is 5.91 Å². The second kappa shape index (κ2) is 5.63. The molecule has 2 heterocycles. The van der Waals surface area contributed by atoms with E-state index in [9.17, 15) is 9.90 Å². The number of rotatable bonds is 3. The molecule has 0 bridgehead atoms. The maximum absolute atomic E-state index is 12.3. The van der Waals surface area contributed by atoms with E-state index >= 15 is 0 Å². The predicted octanol–water partition coefficient (Wildman–Crippen LogP) is 0.00950. The Morgan fingerprint density at radius 2 is 1.86 bits per heavy atom. The number of hydrogen-bond donors (Lipinski definition) is 2. The first-order valence-corrected chi connectivity index (χ1v) is 7.06. The van der Waals surface area contributed by atoms with Gasteiger partial charge in [-0.05, 0) is 24.3 Å². The standard InChI is InChI=1S/C15H20N2O4/c1-17(2)10-5-3-9(4-6-10)15(19)16-11-7-20-14-12(18)8-21-13(11)14/h3-6,11-14,18H,7-8H2,1-2H3,(H,16,19)/t11-,12-,13+,14+/m0/s1. The summed E-state index contributed by atoms with van der Waals surface area (Å²) in [5.74, 6) is -0.153. The van der Waals surface area contributed by atoms with Gasteiger partial charge in [0.2, 0.25) is 0 Å². The van der Waals surface area contributed by atoms with Gasteiger partial charge in [0, 0.05) is 25.3 Å². The fourth-order valence-corrected chi connectivity index (χ4v) is 2.77. The van der Waals surface area contributed by atoms with Crippen LogP contribution in [0.1, 0.15) is 10.4 Å². The van der Waals surface area contributed by atoms with Crippen molar-refractivity contribution in [3.05, 3.63) is 29.8 Å². The summed E-state index contributed by atoms with van der Waals surface area (Å²) >= 11 is 0. The molecule has 4 atom stereocenters. The molecule has 21 heavy (non-hydrogen) atoms. The lowest BCUT2D eigenvalue weighted by molar-refractivity contribution is 0.0178. The number of fused-ring (bicyclic) bond motifs is 1. The Morgan fingerprint density at radius 1 is 1.19 bits per heavy atom. The van der Waals surface area contributed by atoms with E-state index in [1.54, 1.807) is 12.1 Å². The zero-order valence-corrected chi connectivity index (χ0v) is 12.2. The average molecular weight is 292 g/mol. The third kappa shape index (κ3) is 2.74. The number of nitrogens with zero attached hydrogens (tertiary/aromatic N) is 1. The van der Waals surface area contributed by atoms with Crippen molar-refractivity contribution in [3.63, 3.8) is 0 Å². The summed E-state index contributed by atoms with van der Waals surface area (Å²) in [5, 5.41) is 12.6. The fourth-order valence-electron chi connectivity index (χ4n) is 2.77. The van der Waals surface area contributed by atoms with Crippen LogP contribution in [0.4, 0.5) is 5.69 Å². The number of aliphatic hydroxyl groups is 1. The lowest BCUT2D eigenvalue weighted by Crippen LogP contribution is -2.44. The van der Waals surface area contributed by atoms with E-state index in [1.165, 1.54) is 0 Å². The number of ether oxygens (including phenoxy) is 2. The van der Waals surface area contributed by atoms with Gasteiger partial charge in [-0.15, -0.1) is 0 Å². The molecule has 2 aliphatic rings. The van der Waals surface area contributed by atoms with Crippen LogP contribution >= 0.6 is 0 Å². The van der Waals surface area contributed by atoms with Crippen molar-refractivity contribution in [2.45, 2.75) is 24.4 Å². The van der Waals surface area contributed by atoms with Crippen molar-refractivity contribution in [1.82, 2.24) is 5.32 Å². The number of anilines is 1. The number of amides is 1. The normalized spacial score (nSPS) is 31.0. The molecule has 0 aromatic heterocycles. The summed E-state index contributed by atoms with van der Waals surface area (Å²) in [6.45, 7) is 0.632. The van der Waals surface area contributed by atoms with Crippen LogP contribution in [-0.4, -0.2) is 62.7 Å². The molecule has 114 valence electrons. The van der Waals surface area contributed by atoms with Gasteiger partial charge in [-0.1, -0.05) is 0 Å². The summed E-state index contributed by atoms with van der Waals surface area (Å²) in [6, 6.07) is 7.18. The summed E-state index contributed by atoms with van der Waals surface area (Å²) < 4.78 is 11.0. The number of benzene rings is 1. The van der Waals surface area contributed by atoms with Crippen LogP contribution in [0.15, 0.2) is 24.3 Å². The van der Waals surface area contributed by atoms with Gasteiger partial charge in [-0.2, -0.15) is 0 Å². The number of carbonyl (C=O) groups is 1. The van der Waals surface area contributed by atoms with Gasteiger partial charge < -0.3 is 24.8 Å². The Balaban J connectivity index is 1.64. The maximum atomic E-state index is 12.3. The number of carbonyl (C=O) groups excluding carboxylic acids is 1. The lowest BCUT2D eigenvalue weighted by atomic mass is 10.1. The molecule has 1 amide bonds. The van der Waals surface area contributed by atoms with Crippen LogP contribution in [0.25, 0.3) is 0 Å². The minimum absolute atomic E-state index is 0.153. The molecule has 0 radical (unpaired) electrons. The van der Waals surface area contributed by atoms with Crippen LogP contribution in [-0.2, 0) is 9.47 Å². The van der Waals surface area contributed by atoms with E-state index < -0.39 is 6.10 Å². The number of aliphatic hydroxyl groups excluding tert-OH is 1. The van der Waals surface area contributed by atoms with Crippen LogP contribution in [0.3, 0.4) is 0 Å². The summed E-state index contributed by atoms with van der Waals surface area (Å²) in [6.07, 6.45) is -1.19. The molecular formula is C15H20N2O4. The molecule has 2 saturated heterocycles. The van der Waals surface area contributed by atoms with Crippen LogP contribution in [0.2, 0.25) is 0 Å². The highest BCUT2D eigenvalue weighted by atomic mass is 16.6. The molecule has 6 nitrogen and oxygen atoms in total. The second-order valence-corrected chi connectivity index (χ2v) is 5.68. The molecule has 0 aliphatic carbocycles.